The number of benzene rings is 1. The van der Waals surface area contributed by atoms with Gasteiger partial charge in [0.2, 0.25) is 0 Å². The number of halogens is 1. The fourth-order valence-electron chi connectivity index (χ4n) is 1.94. The van der Waals surface area contributed by atoms with Gasteiger partial charge in [0.25, 0.3) is 0 Å². The summed E-state index contributed by atoms with van der Waals surface area (Å²) in [5, 5.41) is 0.955. The van der Waals surface area contributed by atoms with Crippen LogP contribution in [-0.4, -0.2) is 17.1 Å². The van der Waals surface area contributed by atoms with Crippen molar-refractivity contribution in [2.24, 2.45) is 5.92 Å². The van der Waals surface area contributed by atoms with Crippen molar-refractivity contribution in [2.45, 2.75) is 39.2 Å². The average Bonchev–Trinajstić information content (AvgIpc) is 2.45. The topological polar surface area (TPSA) is 43.4 Å². The lowest BCUT2D eigenvalue weighted by atomic mass is 9.98. The van der Waals surface area contributed by atoms with Gasteiger partial charge >= 0.3 is 5.97 Å². The highest BCUT2D eigenvalue weighted by Crippen LogP contribution is 2.15. The number of esters is 1. The van der Waals surface area contributed by atoms with E-state index in [1.165, 1.54) is 6.92 Å². The van der Waals surface area contributed by atoms with Gasteiger partial charge in [0, 0.05) is 5.33 Å². The SMILES string of the molecule is CC(=O)C(CCCCCBr)C(=O)OCc1ccccc1. The van der Waals surface area contributed by atoms with Gasteiger partial charge in [-0.05, 0) is 25.3 Å². The first-order chi connectivity index (χ1) is 9.65. The minimum Gasteiger partial charge on any atom is -0.460 e. The van der Waals surface area contributed by atoms with Gasteiger partial charge in [-0.25, -0.2) is 0 Å². The van der Waals surface area contributed by atoms with E-state index in [1.807, 2.05) is 30.3 Å². The second kappa shape index (κ2) is 9.70. The summed E-state index contributed by atoms with van der Waals surface area (Å²) < 4.78 is 5.24. The fraction of sp³-hybridized carbons (Fsp3) is 0.500. The van der Waals surface area contributed by atoms with Crippen LogP contribution in [0.3, 0.4) is 0 Å². The first-order valence-corrected chi connectivity index (χ1v) is 8.04. The van der Waals surface area contributed by atoms with Gasteiger partial charge < -0.3 is 4.74 Å². The molecule has 0 saturated heterocycles. The summed E-state index contributed by atoms with van der Waals surface area (Å²) >= 11 is 3.37. The number of hydrogen-bond donors (Lipinski definition) is 0. The van der Waals surface area contributed by atoms with Crippen LogP contribution in [0.1, 0.15) is 38.2 Å². The summed E-state index contributed by atoms with van der Waals surface area (Å²) in [6, 6.07) is 9.49. The predicted octanol–water partition coefficient (Wildman–Crippen LogP) is 3.89. The van der Waals surface area contributed by atoms with E-state index >= 15 is 0 Å². The Kier molecular flexibility index (Phi) is 8.19. The smallest absolute Gasteiger partial charge is 0.316 e. The van der Waals surface area contributed by atoms with Gasteiger partial charge in [-0.3, -0.25) is 9.59 Å². The molecule has 4 heteroatoms. The minimum atomic E-state index is -0.617. The largest absolute Gasteiger partial charge is 0.460 e. The van der Waals surface area contributed by atoms with Crippen LogP contribution in [0.5, 0.6) is 0 Å². The maximum absolute atomic E-state index is 12.0. The molecule has 0 heterocycles. The Morgan fingerprint density at radius 3 is 2.45 bits per heavy atom. The molecule has 0 amide bonds. The number of rotatable bonds is 9. The normalized spacial score (nSPS) is 11.9. The fourth-order valence-corrected chi connectivity index (χ4v) is 2.33. The molecule has 0 saturated carbocycles. The summed E-state index contributed by atoms with van der Waals surface area (Å²) in [4.78, 5) is 23.5. The third kappa shape index (κ3) is 6.33. The van der Waals surface area contributed by atoms with Crippen molar-refractivity contribution in [1.82, 2.24) is 0 Å². The lowest BCUT2D eigenvalue weighted by Crippen LogP contribution is -2.24. The highest BCUT2D eigenvalue weighted by molar-refractivity contribution is 9.09. The molecule has 0 aliphatic rings. The van der Waals surface area contributed by atoms with Crippen molar-refractivity contribution in [2.75, 3.05) is 5.33 Å². The highest BCUT2D eigenvalue weighted by Gasteiger charge is 2.24. The number of ether oxygens (including phenoxy) is 1. The van der Waals surface area contributed by atoms with Crippen molar-refractivity contribution in [3.8, 4) is 0 Å². The van der Waals surface area contributed by atoms with Crippen LogP contribution in [-0.2, 0) is 20.9 Å². The Morgan fingerprint density at radius 2 is 1.85 bits per heavy atom. The number of hydrogen-bond acceptors (Lipinski definition) is 3. The van der Waals surface area contributed by atoms with Crippen LogP contribution in [0.2, 0.25) is 0 Å². The van der Waals surface area contributed by atoms with E-state index in [0.717, 1.165) is 30.2 Å². The first kappa shape index (κ1) is 16.9. The standard InChI is InChI=1S/C16H21BrO3/c1-13(18)15(10-6-3-7-11-17)16(19)20-12-14-8-4-2-5-9-14/h2,4-5,8-9,15H,3,6-7,10-12H2,1H3. The molecule has 1 aromatic rings. The molecule has 1 atom stereocenters. The zero-order valence-corrected chi connectivity index (χ0v) is 13.4. The highest BCUT2D eigenvalue weighted by atomic mass is 79.9. The monoisotopic (exact) mass is 340 g/mol. The number of Topliss-reactive ketones (excluding diaryl/α,β-unsaturated/α-hetero) is 1. The molecule has 1 aromatic carbocycles. The molecule has 0 spiro atoms. The van der Waals surface area contributed by atoms with Crippen LogP contribution >= 0.6 is 15.9 Å². The lowest BCUT2D eigenvalue weighted by molar-refractivity contribution is -0.153. The van der Waals surface area contributed by atoms with Gasteiger partial charge in [-0.2, -0.15) is 0 Å². The third-order valence-electron chi connectivity index (χ3n) is 3.13. The Morgan fingerprint density at radius 1 is 1.15 bits per heavy atom. The summed E-state index contributed by atoms with van der Waals surface area (Å²) in [7, 11) is 0. The summed E-state index contributed by atoms with van der Waals surface area (Å²) in [6.45, 7) is 1.68. The summed E-state index contributed by atoms with van der Waals surface area (Å²) in [5.41, 5.74) is 0.933. The molecule has 20 heavy (non-hydrogen) atoms. The Bertz CT molecular complexity index is 417. The van der Waals surface area contributed by atoms with E-state index in [-0.39, 0.29) is 12.4 Å². The molecule has 0 fully saturated rings. The molecule has 0 bridgehead atoms. The van der Waals surface area contributed by atoms with Crippen molar-refractivity contribution in [1.29, 1.82) is 0 Å². The van der Waals surface area contributed by atoms with Crippen LogP contribution < -0.4 is 0 Å². The molecule has 1 unspecified atom stereocenters. The number of carbonyl (C=O) groups is 2. The number of ketones is 1. The van der Waals surface area contributed by atoms with Crippen molar-refractivity contribution >= 4 is 27.7 Å². The molecular formula is C16H21BrO3. The van der Waals surface area contributed by atoms with Crippen LogP contribution in [0, 0.1) is 5.92 Å². The summed E-state index contributed by atoms with van der Waals surface area (Å²) in [5.74, 6) is -1.13. The molecular weight excluding hydrogens is 320 g/mol. The van der Waals surface area contributed by atoms with Gasteiger partial charge in [-0.1, -0.05) is 59.1 Å². The lowest BCUT2D eigenvalue weighted by Gasteiger charge is -2.13. The minimum absolute atomic E-state index is 0.109. The quantitative estimate of drug-likeness (QED) is 0.296. The predicted molar refractivity (Wildman–Crippen MR) is 82.7 cm³/mol. The van der Waals surface area contributed by atoms with E-state index in [4.69, 9.17) is 4.74 Å². The first-order valence-electron chi connectivity index (χ1n) is 6.92. The van der Waals surface area contributed by atoms with E-state index in [9.17, 15) is 9.59 Å². The molecule has 0 aromatic heterocycles. The second-order valence-corrected chi connectivity index (χ2v) is 5.59. The number of alkyl halides is 1. The Balaban J connectivity index is 2.41. The van der Waals surface area contributed by atoms with Crippen molar-refractivity contribution in [3.63, 3.8) is 0 Å². The van der Waals surface area contributed by atoms with E-state index in [2.05, 4.69) is 15.9 Å². The number of carbonyl (C=O) groups excluding carboxylic acids is 2. The molecule has 1 rings (SSSR count). The van der Waals surface area contributed by atoms with Gasteiger partial charge in [0.1, 0.15) is 18.3 Å². The Labute approximate surface area is 128 Å². The molecule has 3 nitrogen and oxygen atoms in total. The van der Waals surface area contributed by atoms with Gasteiger partial charge in [0.05, 0.1) is 0 Å². The zero-order valence-electron chi connectivity index (χ0n) is 11.8. The average molecular weight is 341 g/mol. The number of unbranched alkanes of at least 4 members (excludes halogenated alkanes) is 2. The molecule has 0 aliphatic heterocycles. The summed E-state index contributed by atoms with van der Waals surface area (Å²) in [6.07, 6.45) is 3.52. The maximum Gasteiger partial charge on any atom is 0.316 e. The van der Waals surface area contributed by atoms with Crippen molar-refractivity contribution < 1.29 is 14.3 Å². The van der Waals surface area contributed by atoms with Crippen LogP contribution in [0.25, 0.3) is 0 Å². The van der Waals surface area contributed by atoms with Crippen molar-refractivity contribution in [3.05, 3.63) is 35.9 Å². The molecule has 0 radical (unpaired) electrons. The van der Waals surface area contributed by atoms with E-state index in [1.54, 1.807) is 0 Å². The van der Waals surface area contributed by atoms with Crippen LogP contribution in [0.4, 0.5) is 0 Å². The molecule has 0 N–H and O–H groups in total. The zero-order chi connectivity index (χ0) is 14.8. The van der Waals surface area contributed by atoms with E-state index in [0.29, 0.717) is 6.42 Å². The van der Waals surface area contributed by atoms with Gasteiger partial charge in [0.15, 0.2) is 0 Å². The Hall–Kier alpha value is -1.16. The third-order valence-corrected chi connectivity index (χ3v) is 3.69. The van der Waals surface area contributed by atoms with Gasteiger partial charge in [-0.15, -0.1) is 0 Å². The van der Waals surface area contributed by atoms with E-state index < -0.39 is 11.9 Å². The molecule has 0 aliphatic carbocycles. The molecule has 110 valence electrons. The second-order valence-electron chi connectivity index (χ2n) is 4.79. The maximum atomic E-state index is 12.0. The van der Waals surface area contributed by atoms with Crippen LogP contribution in [0.15, 0.2) is 30.3 Å².